The largest absolute Gasteiger partial charge is 0.708 e. The second kappa shape index (κ2) is 7.14. The fourth-order valence-electron chi connectivity index (χ4n) is 1.29. The van der Waals surface area contributed by atoms with E-state index in [9.17, 15) is 0 Å². The molecule has 0 atom stereocenters. The molecule has 0 unspecified atom stereocenters. The summed E-state index contributed by atoms with van der Waals surface area (Å²) in [6.07, 6.45) is 2.60. The first kappa shape index (κ1) is 20.4. The van der Waals surface area contributed by atoms with Gasteiger partial charge in [-0.05, 0) is 60.8 Å². The minimum absolute atomic E-state index is 0.332. The summed E-state index contributed by atoms with van der Waals surface area (Å²) in [5.41, 5.74) is -0.995. The highest BCUT2D eigenvalue weighted by Crippen LogP contribution is 2.31. The van der Waals surface area contributed by atoms with Gasteiger partial charge in [-0.1, -0.05) is 20.8 Å². The standard InChI is InChI=1S/C15H33O3SSi/c1-10-13(4,5)16-20(19,17-14(6,7)11-2)18-15(8,9)12-3/h10-12H2,1-9H3/q-1. The molecule has 0 spiro atoms. The summed E-state index contributed by atoms with van der Waals surface area (Å²) in [6, 6.07) is 0. The topological polar surface area (TPSA) is 27.7 Å². The molecule has 0 saturated carbocycles. The summed E-state index contributed by atoms with van der Waals surface area (Å²) in [7, 11) is -3.14. The molecule has 5 heteroatoms. The van der Waals surface area contributed by atoms with E-state index in [1.54, 1.807) is 0 Å². The average Bonchev–Trinajstić information content (AvgIpc) is 2.26. The summed E-state index contributed by atoms with van der Waals surface area (Å²) in [5.74, 6) is 0. The van der Waals surface area contributed by atoms with Gasteiger partial charge in [-0.15, -0.1) is 0 Å². The Bertz CT molecular complexity index is 258. The summed E-state index contributed by atoms with van der Waals surface area (Å²) >= 11 is 5.72. The predicted octanol–water partition coefficient (Wildman–Crippen LogP) is 4.58. The second-order valence-corrected chi connectivity index (χ2v) is 10.3. The Kier molecular flexibility index (Phi) is 7.30. The van der Waals surface area contributed by atoms with E-state index in [2.05, 4.69) is 20.8 Å². The first-order valence-corrected chi connectivity index (χ1v) is 10.5. The SMILES string of the molecule is CCC(C)(C)O[Si]([S-])(OC(C)(C)CC)OC(C)(C)CC. The third kappa shape index (κ3) is 7.45. The van der Waals surface area contributed by atoms with Gasteiger partial charge in [0.15, 0.2) is 0 Å². The van der Waals surface area contributed by atoms with Crippen molar-refractivity contribution < 1.29 is 13.3 Å². The maximum Gasteiger partial charge on any atom is 0.346 e. The van der Waals surface area contributed by atoms with Crippen molar-refractivity contribution in [2.75, 3.05) is 0 Å². The van der Waals surface area contributed by atoms with Crippen molar-refractivity contribution in [2.24, 2.45) is 0 Å². The molecular weight excluding hydrogens is 288 g/mol. The minimum Gasteiger partial charge on any atom is -0.708 e. The van der Waals surface area contributed by atoms with Crippen molar-refractivity contribution >= 4 is 20.0 Å². The van der Waals surface area contributed by atoms with Gasteiger partial charge in [-0.25, -0.2) is 0 Å². The molecule has 0 aliphatic carbocycles. The van der Waals surface area contributed by atoms with Crippen LogP contribution in [-0.4, -0.2) is 24.8 Å². The fraction of sp³-hybridized carbons (Fsp3) is 1.00. The van der Waals surface area contributed by atoms with Gasteiger partial charge in [0.2, 0.25) is 0 Å². The molecule has 0 aliphatic heterocycles. The van der Waals surface area contributed by atoms with Crippen LogP contribution in [0, 0.1) is 0 Å². The van der Waals surface area contributed by atoms with E-state index in [4.69, 9.17) is 25.4 Å². The van der Waals surface area contributed by atoms with Crippen LogP contribution in [0.3, 0.4) is 0 Å². The third-order valence-electron chi connectivity index (χ3n) is 3.76. The van der Waals surface area contributed by atoms with E-state index in [0.717, 1.165) is 19.3 Å². The Labute approximate surface area is 132 Å². The molecule has 0 aromatic carbocycles. The lowest BCUT2D eigenvalue weighted by molar-refractivity contribution is -0.0740. The molecule has 0 aromatic rings. The molecule has 0 bridgehead atoms. The average molecular weight is 322 g/mol. The van der Waals surface area contributed by atoms with Gasteiger partial charge in [0.05, 0.1) is 16.8 Å². The van der Waals surface area contributed by atoms with Gasteiger partial charge in [0.25, 0.3) is 0 Å². The van der Waals surface area contributed by atoms with Crippen LogP contribution in [0.1, 0.15) is 81.6 Å². The highest BCUT2D eigenvalue weighted by molar-refractivity contribution is 7.94. The molecule has 0 N–H and O–H groups in total. The zero-order valence-corrected chi connectivity index (χ0v) is 16.6. The van der Waals surface area contributed by atoms with Crippen LogP contribution in [-0.2, 0) is 25.4 Å². The van der Waals surface area contributed by atoms with Crippen molar-refractivity contribution in [3.05, 3.63) is 0 Å². The normalized spacial score (nSPS) is 14.7. The van der Waals surface area contributed by atoms with Crippen LogP contribution < -0.4 is 0 Å². The lowest BCUT2D eigenvalue weighted by Crippen LogP contribution is -2.57. The van der Waals surface area contributed by atoms with Crippen LogP contribution in [0.4, 0.5) is 0 Å². The van der Waals surface area contributed by atoms with Gasteiger partial charge in [-0.2, -0.15) is 0 Å². The van der Waals surface area contributed by atoms with Crippen molar-refractivity contribution in [3.63, 3.8) is 0 Å². The zero-order chi connectivity index (χ0) is 16.2. The van der Waals surface area contributed by atoms with Gasteiger partial charge in [0, 0.05) is 0 Å². The predicted molar refractivity (Wildman–Crippen MR) is 89.5 cm³/mol. The molecule has 20 heavy (non-hydrogen) atoms. The Morgan fingerprint density at radius 1 is 0.650 bits per heavy atom. The van der Waals surface area contributed by atoms with E-state index in [1.807, 2.05) is 41.5 Å². The second-order valence-electron chi connectivity index (χ2n) is 7.15. The summed E-state index contributed by atoms with van der Waals surface area (Å²) in [4.78, 5) is 0. The zero-order valence-electron chi connectivity index (χ0n) is 14.8. The molecular formula is C15H33O3SSi-. The summed E-state index contributed by atoms with van der Waals surface area (Å²) < 4.78 is 18.5. The number of rotatable bonds is 9. The van der Waals surface area contributed by atoms with Crippen molar-refractivity contribution in [2.45, 2.75) is 98.4 Å². The van der Waals surface area contributed by atoms with E-state index in [1.165, 1.54) is 0 Å². The number of hydrogen-bond acceptors (Lipinski definition) is 4. The molecule has 0 amide bonds. The van der Waals surface area contributed by atoms with Crippen molar-refractivity contribution in [3.8, 4) is 0 Å². The van der Waals surface area contributed by atoms with Gasteiger partial charge < -0.3 is 25.4 Å². The van der Waals surface area contributed by atoms with E-state index in [0.29, 0.717) is 0 Å². The highest BCUT2D eigenvalue weighted by atomic mass is 32.3. The Morgan fingerprint density at radius 2 is 0.850 bits per heavy atom. The Morgan fingerprint density at radius 3 is 1.00 bits per heavy atom. The first-order valence-electron chi connectivity index (χ1n) is 7.61. The van der Waals surface area contributed by atoms with Crippen LogP contribution >= 0.6 is 0 Å². The van der Waals surface area contributed by atoms with E-state index in [-0.39, 0.29) is 16.8 Å². The molecule has 0 heterocycles. The van der Waals surface area contributed by atoms with Crippen LogP contribution in [0.15, 0.2) is 0 Å². The molecule has 0 rings (SSSR count). The monoisotopic (exact) mass is 321 g/mol. The van der Waals surface area contributed by atoms with Crippen LogP contribution in [0.2, 0.25) is 0 Å². The molecule has 0 radical (unpaired) electrons. The van der Waals surface area contributed by atoms with Gasteiger partial charge >= 0.3 is 7.95 Å². The fourth-order valence-corrected chi connectivity index (χ4v) is 5.91. The van der Waals surface area contributed by atoms with Crippen molar-refractivity contribution in [1.82, 2.24) is 0 Å². The van der Waals surface area contributed by atoms with E-state index < -0.39 is 7.95 Å². The summed E-state index contributed by atoms with van der Waals surface area (Å²) in [5, 5.41) is 0. The Hall–Kier alpha value is 0.447. The van der Waals surface area contributed by atoms with E-state index >= 15 is 0 Å². The van der Waals surface area contributed by atoms with Gasteiger partial charge in [-0.3, -0.25) is 0 Å². The van der Waals surface area contributed by atoms with Crippen LogP contribution in [0.25, 0.3) is 0 Å². The molecule has 122 valence electrons. The van der Waals surface area contributed by atoms with Crippen molar-refractivity contribution in [1.29, 1.82) is 0 Å². The number of hydrogen-bond donors (Lipinski definition) is 0. The molecule has 0 saturated heterocycles. The summed E-state index contributed by atoms with van der Waals surface area (Å²) in [6.45, 7) is 18.5. The first-order chi connectivity index (χ1) is 8.80. The minimum atomic E-state index is -3.14. The Balaban J connectivity index is 5.23. The molecule has 0 fully saturated rings. The molecule has 0 aromatic heterocycles. The quantitative estimate of drug-likeness (QED) is 0.459. The third-order valence-corrected chi connectivity index (χ3v) is 6.92. The van der Waals surface area contributed by atoms with Crippen LogP contribution in [0.5, 0.6) is 0 Å². The maximum absolute atomic E-state index is 6.16. The molecule has 3 nitrogen and oxygen atoms in total. The smallest absolute Gasteiger partial charge is 0.346 e. The lowest BCUT2D eigenvalue weighted by atomic mass is 10.1. The van der Waals surface area contributed by atoms with Gasteiger partial charge in [0.1, 0.15) is 0 Å². The lowest BCUT2D eigenvalue weighted by Gasteiger charge is -2.49. The maximum atomic E-state index is 6.16. The molecule has 0 aliphatic rings. The highest BCUT2D eigenvalue weighted by Gasteiger charge is 2.39.